The van der Waals surface area contributed by atoms with E-state index in [0.717, 1.165) is 22.4 Å². The molecule has 0 amide bonds. The fraction of sp³-hybridized carbons (Fsp3) is 0.500. The average molecular weight is 584 g/mol. The van der Waals surface area contributed by atoms with Crippen LogP contribution in [0.4, 0.5) is 0 Å². The van der Waals surface area contributed by atoms with Gasteiger partial charge in [-0.15, -0.1) is 5.10 Å². The number of carbonyl (C=O) groups excluding carboxylic acids is 1. The highest BCUT2D eigenvalue weighted by Crippen LogP contribution is 2.34. The Kier molecular flexibility index (Phi) is 10.4. The van der Waals surface area contributed by atoms with Gasteiger partial charge in [-0.2, -0.15) is 14.9 Å². The zero-order valence-corrected chi connectivity index (χ0v) is 26.3. The van der Waals surface area contributed by atoms with Crippen LogP contribution in [0.15, 0.2) is 30.5 Å². The lowest BCUT2D eigenvalue weighted by molar-refractivity contribution is -0.152. The maximum absolute atomic E-state index is 11.9. The Morgan fingerprint density at radius 3 is 2.51 bits per heavy atom. The van der Waals surface area contributed by atoms with E-state index in [4.69, 9.17) is 18.9 Å². The van der Waals surface area contributed by atoms with Crippen molar-refractivity contribution >= 4 is 16.0 Å². The number of benzene rings is 1. The van der Waals surface area contributed by atoms with Crippen LogP contribution in [0.25, 0.3) is 22.5 Å². The lowest BCUT2D eigenvalue weighted by atomic mass is 9.95. The summed E-state index contributed by atoms with van der Waals surface area (Å²) in [6.07, 6.45) is 8.34. The van der Waals surface area contributed by atoms with Gasteiger partial charge in [-0.05, 0) is 76.6 Å². The number of aryl methyl sites for hydroxylation is 1. The molecule has 41 heavy (non-hydrogen) atoms. The van der Waals surface area contributed by atoms with E-state index in [1.54, 1.807) is 30.8 Å². The topological polar surface area (TPSA) is 121 Å². The molecule has 0 saturated carbocycles. The number of hydrogen-bond donors (Lipinski definition) is 0. The number of pyridine rings is 1. The zero-order chi connectivity index (χ0) is 30.4. The quantitative estimate of drug-likeness (QED) is 0.197. The molecule has 3 rings (SSSR count). The number of rotatable bonds is 13. The molecule has 3 aromatic rings. The van der Waals surface area contributed by atoms with Crippen LogP contribution in [0.1, 0.15) is 38.8 Å². The first-order valence-electron chi connectivity index (χ1n) is 13.3. The monoisotopic (exact) mass is 583 g/mol. The van der Waals surface area contributed by atoms with Gasteiger partial charge >= 0.3 is 12.0 Å². The van der Waals surface area contributed by atoms with E-state index < -0.39 is 15.4 Å². The molecule has 0 aliphatic rings. The Bertz CT molecular complexity index is 1410. The number of methoxy groups -OCH3 is 1. The Balaban J connectivity index is 1.84. The van der Waals surface area contributed by atoms with Gasteiger partial charge < -0.3 is 18.9 Å². The summed E-state index contributed by atoms with van der Waals surface area (Å²) in [5, 5.41) is 14.6. The van der Waals surface area contributed by atoms with E-state index in [1.807, 2.05) is 39.0 Å². The van der Waals surface area contributed by atoms with E-state index in [0.29, 0.717) is 35.4 Å². The van der Waals surface area contributed by atoms with Crippen LogP contribution in [-0.2, 0) is 21.0 Å². The van der Waals surface area contributed by atoms with Gasteiger partial charge in [0.2, 0.25) is 5.88 Å². The molecule has 0 N–H and O–H groups in total. The molecule has 0 spiro atoms. The Hall–Kier alpha value is -3.62. The minimum atomic E-state index is -0.804. The summed E-state index contributed by atoms with van der Waals surface area (Å²) in [4.78, 5) is 20.9. The largest absolute Gasteiger partial charge is 0.476 e. The first-order valence-corrected chi connectivity index (χ1v) is 16.3. The molecule has 2 heterocycles. The maximum atomic E-state index is 11.9. The second-order valence-corrected chi connectivity index (χ2v) is 16.2. The molecule has 0 bridgehead atoms. The molecule has 10 nitrogen and oxygen atoms in total. The lowest BCUT2D eigenvalue weighted by Gasteiger charge is -2.24. The highest BCUT2D eigenvalue weighted by molar-refractivity contribution is 8.32. The summed E-state index contributed by atoms with van der Waals surface area (Å²) in [5.74, 6) is 1.42. The first-order chi connectivity index (χ1) is 19.2. The SMILES string of the molecule is COC(=O)C(C)(C)COc1cc(C)c(-c2ccc(-c3nc(OC(C)C)n(COCCS(C)(C)C)n3)c(C#N)c2)cn1. The van der Waals surface area contributed by atoms with E-state index in [2.05, 4.69) is 39.9 Å². The van der Waals surface area contributed by atoms with Gasteiger partial charge in [-0.3, -0.25) is 4.79 Å². The van der Waals surface area contributed by atoms with Gasteiger partial charge in [-0.25, -0.2) is 15.0 Å². The third-order valence-electron chi connectivity index (χ3n) is 6.13. The van der Waals surface area contributed by atoms with Crippen molar-refractivity contribution < 1.29 is 23.7 Å². The molecule has 1 aromatic carbocycles. The molecule has 0 radical (unpaired) electrons. The number of aromatic nitrogens is 4. The third kappa shape index (κ3) is 8.68. The molecule has 222 valence electrons. The van der Waals surface area contributed by atoms with Crippen LogP contribution < -0.4 is 9.47 Å². The molecular formula is C30H41N5O5S. The summed E-state index contributed by atoms with van der Waals surface area (Å²) >= 11 is 0. The molecule has 0 fully saturated rings. The molecule has 2 aromatic heterocycles. The van der Waals surface area contributed by atoms with Crippen LogP contribution in [0.3, 0.4) is 0 Å². The lowest BCUT2D eigenvalue weighted by Crippen LogP contribution is -2.32. The van der Waals surface area contributed by atoms with E-state index >= 15 is 0 Å². The van der Waals surface area contributed by atoms with Crippen molar-refractivity contribution in [3.05, 3.63) is 41.6 Å². The van der Waals surface area contributed by atoms with Gasteiger partial charge in [0.15, 0.2) is 5.82 Å². The summed E-state index contributed by atoms with van der Waals surface area (Å²) in [6.45, 7) is 10.2. The maximum Gasteiger partial charge on any atom is 0.317 e. The molecule has 11 heteroatoms. The number of hydrogen-bond acceptors (Lipinski definition) is 9. The van der Waals surface area contributed by atoms with Gasteiger partial charge in [0.05, 0.1) is 36.9 Å². The van der Waals surface area contributed by atoms with E-state index in [1.165, 1.54) is 7.11 Å². The normalized spacial score (nSPS) is 12.2. The van der Waals surface area contributed by atoms with Gasteiger partial charge in [0, 0.05) is 29.1 Å². The summed E-state index contributed by atoms with van der Waals surface area (Å²) < 4.78 is 24.0. The first kappa shape index (κ1) is 31.9. The van der Waals surface area contributed by atoms with Crippen LogP contribution in [0.2, 0.25) is 0 Å². The van der Waals surface area contributed by atoms with Crippen LogP contribution in [0, 0.1) is 23.7 Å². The predicted molar refractivity (Wildman–Crippen MR) is 161 cm³/mol. The summed E-state index contributed by atoms with van der Waals surface area (Å²) in [6, 6.07) is 9.97. The number of nitrogens with zero attached hydrogens (tertiary/aromatic N) is 5. The second kappa shape index (κ2) is 13.4. The van der Waals surface area contributed by atoms with E-state index in [-0.39, 0.29) is 25.4 Å². The highest BCUT2D eigenvalue weighted by atomic mass is 32.3. The minimum absolute atomic E-state index is 0.100. The molecule has 0 atom stereocenters. The molecule has 0 aliphatic heterocycles. The second-order valence-electron chi connectivity index (χ2n) is 11.6. The smallest absolute Gasteiger partial charge is 0.317 e. The highest BCUT2D eigenvalue weighted by Gasteiger charge is 2.30. The van der Waals surface area contributed by atoms with Crippen LogP contribution in [0.5, 0.6) is 11.9 Å². The van der Waals surface area contributed by atoms with Crippen molar-refractivity contribution in [1.29, 1.82) is 5.26 Å². The Morgan fingerprint density at radius 1 is 1.17 bits per heavy atom. The summed E-state index contributed by atoms with van der Waals surface area (Å²) in [5.41, 5.74) is 2.80. The third-order valence-corrected chi connectivity index (χ3v) is 7.52. The molecule has 0 unspecified atom stereocenters. The van der Waals surface area contributed by atoms with E-state index in [9.17, 15) is 10.1 Å². The zero-order valence-electron chi connectivity index (χ0n) is 25.5. The fourth-order valence-electron chi connectivity index (χ4n) is 3.78. The average Bonchev–Trinajstić information content (AvgIpc) is 3.30. The molecule has 0 aliphatic carbocycles. The van der Waals surface area contributed by atoms with Crippen molar-refractivity contribution in [3.63, 3.8) is 0 Å². The predicted octanol–water partition coefficient (Wildman–Crippen LogP) is 5.22. The number of nitriles is 1. The van der Waals surface area contributed by atoms with Gasteiger partial charge in [0.1, 0.15) is 13.3 Å². The Labute approximate surface area is 244 Å². The van der Waals surface area contributed by atoms with Crippen molar-refractivity contribution in [2.75, 3.05) is 44.8 Å². The van der Waals surface area contributed by atoms with Crippen LogP contribution in [-0.4, -0.2) is 76.7 Å². The van der Waals surface area contributed by atoms with Crippen molar-refractivity contribution in [3.8, 4) is 40.5 Å². The van der Waals surface area contributed by atoms with Crippen molar-refractivity contribution in [2.24, 2.45) is 5.41 Å². The van der Waals surface area contributed by atoms with Gasteiger partial charge in [0.25, 0.3) is 0 Å². The minimum Gasteiger partial charge on any atom is -0.476 e. The van der Waals surface area contributed by atoms with Crippen molar-refractivity contribution in [1.82, 2.24) is 19.7 Å². The number of carbonyl (C=O) groups is 1. The fourth-order valence-corrected chi connectivity index (χ4v) is 4.40. The Morgan fingerprint density at radius 2 is 1.90 bits per heavy atom. The molecular weight excluding hydrogens is 542 g/mol. The summed E-state index contributed by atoms with van der Waals surface area (Å²) in [7, 11) is 0.687. The van der Waals surface area contributed by atoms with Crippen LogP contribution >= 0.6 is 10.0 Å². The van der Waals surface area contributed by atoms with Crippen molar-refractivity contribution in [2.45, 2.75) is 47.5 Å². The number of ether oxygens (including phenoxy) is 4. The van der Waals surface area contributed by atoms with Gasteiger partial charge in [-0.1, -0.05) is 6.07 Å². The number of esters is 1. The standard InChI is InChI=1S/C30H41N5O5S/c1-20(2)40-29-33-27(34-35(29)19-38-12-13-41(7,8)9)24-11-10-22(15-23(24)16-31)25-17-32-26(14-21(25)3)39-18-30(4,5)28(36)37-6/h10-11,14-15,17,20H,12-13,18-19H2,1-9H3. The molecule has 0 saturated heterocycles.